The van der Waals surface area contributed by atoms with E-state index >= 15 is 0 Å². The molecule has 0 spiro atoms. The standard InChI is InChI=1S/C25H29N3O4S/c1-18-23(19(2)28(26-18)21-13-14-33(30,31)17-21)15-27(3)25(29)16-32-24-12-8-7-11-22(24)20-9-5-4-6-10-20/h4-12,21H,13-17H2,1-3H3/t21-/m0/s1. The molecule has 1 saturated heterocycles. The smallest absolute Gasteiger partial charge is 0.260 e. The minimum absolute atomic E-state index is 0.0759. The SMILES string of the molecule is Cc1nn([C@H]2CCS(=O)(=O)C2)c(C)c1CN(C)C(=O)COc1ccccc1-c1ccccc1. The molecule has 4 rings (SSSR count). The summed E-state index contributed by atoms with van der Waals surface area (Å²) in [6.07, 6.45) is 0.577. The van der Waals surface area contributed by atoms with Gasteiger partial charge in [0.1, 0.15) is 5.75 Å². The van der Waals surface area contributed by atoms with Crippen molar-refractivity contribution in [3.05, 3.63) is 71.5 Å². The highest BCUT2D eigenvalue weighted by Crippen LogP contribution is 2.30. The van der Waals surface area contributed by atoms with Crippen molar-refractivity contribution in [2.75, 3.05) is 25.2 Å². The third kappa shape index (κ3) is 5.11. The molecule has 0 saturated carbocycles. The number of rotatable bonds is 7. The molecule has 0 radical (unpaired) electrons. The van der Waals surface area contributed by atoms with Crippen molar-refractivity contribution in [3.8, 4) is 16.9 Å². The zero-order chi connectivity index (χ0) is 23.6. The normalized spacial score (nSPS) is 17.1. The number of hydrogen-bond acceptors (Lipinski definition) is 5. The monoisotopic (exact) mass is 467 g/mol. The molecule has 1 atom stereocenters. The summed E-state index contributed by atoms with van der Waals surface area (Å²) in [5.41, 5.74) is 4.63. The molecule has 33 heavy (non-hydrogen) atoms. The molecule has 0 aliphatic carbocycles. The molecule has 2 heterocycles. The predicted molar refractivity (Wildman–Crippen MR) is 128 cm³/mol. The fourth-order valence-corrected chi connectivity index (χ4v) is 5.97. The topological polar surface area (TPSA) is 81.5 Å². The van der Waals surface area contributed by atoms with Crippen LogP contribution in [-0.2, 0) is 21.2 Å². The van der Waals surface area contributed by atoms with Crippen LogP contribution in [0.1, 0.15) is 29.4 Å². The summed E-state index contributed by atoms with van der Waals surface area (Å²) < 4.78 is 31.5. The minimum atomic E-state index is -3.00. The van der Waals surface area contributed by atoms with Crippen LogP contribution in [0.25, 0.3) is 11.1 Å². The number of hydrogen-bond donors (Lipinski definition) is 0. The van der Waals surface area contributed by atoms with Gasteiger partial charge in [-0.3, -0.25) is 9.48 Å². The zero-order valence-corrected chi connectivity index (χ0v) is 20.0. The third-order valence-corrected chi connectivity index (χ3v) is 7.92. The van der Waals surface area contributed by atoms with E-state index in [2.05, 4.69) is 5.10 Å². The molecule has 1 amide bonds. The van der Waals surface area contributed by atoms with Gasteiger partial charge in [0, 0.05) is 30.4 Å². The zero-order valence-electron chi connectivity index (χ0n) is 19.2. The van der Waals surface area contributed by atoms with E-state index in [0.29, 0.717) is 18.7 Å². The van der Waals surface area contributed by atoms with Crippen molar-refractivity contribution in [3.63, 3.8) is 0 Å². The number of sulfone groups is 1. The summed E-state index contributed by atoms with van der Waals surface area (Å²) in [6.45, 7) is 4.14. The van der Waals surface area contributed by atoms with E-state index in [9.17, 15) is 13.2 Å². The van der Waals surface area contributed by atoms with Gasteiger partial charge in [0.2, 0.25) is 0 Å². The average Bonchev–Trinajstić information content (AvgIpc) is 3.31. The van der Waals surface area contributed by atoms with Gasteiger partial charge in [0.05, 0.1) is 23.2 Å². The lowest BCUT2D eigenvalue weighted by Crippen LogP contribution is -2.31. The summed E-state index contributed by atoms with van der Waals surface area (Å²) in [5.74, 6) is 0.838. The van der Waals surface area contributed by atoms with Crippen molar-refractivity contribution in [1.29, 1.82) is 0 Å². The second kappa shape index (κ2) is 9.39. The quantitative estimate of drug-likeness (QED) is 0.531. The highest BCUT2D eigenvalue weighted by molar-refractivity contribution is 7.91. The van der Waals surface area contributed by atoms with E-state index in [0.717, 1.165) is 28.1 Å². The van der Waals surface area contributed by atoms with Gasteiger partial charge in [-0.1, -0.05) is 48.5 Å². The second-order valence-corrected chi connectivity index (χ2v) is 10.8. The maximum atomic E-state index is 12.8. The number of para-hydroxylation sites is 1. The Morgan fingerprint density at radius 3 is 2.52 bits per heavy atom. The summed E-state index contributed by atoms with van der Waals surface area (Å²) in [5, 5.41) is 4.59. The Kier molecular flexibility index (Phi) is 6.56. The molecule has 0 bridgehead atoms. The van der Waals surface area contributed by atoms with Gasteiger partial charge in [-0.15, -0.1) is 0 Å². The Hall–Kier alpha value is -3.13. The first-order chi connectivity index (χ1) is 15.7. The molecule has 1 aliphatic heterocycles. The van der Waals surface area contributed by atoms with E-state index in [1.807, 2.05) is 73.1 Å². The molecule has 1 aromatic heterocycles. The van der Waals surface area contributed by atoms with Crippen LogP contribution in [0, 0.1) is 13.8 Å². The van der Waals surface area contributed by atoms with Crippen molar-refractivity contribution in [1.82, 2.24) is 14.7 Å². The molecule has 2 aromatic carbocycles. The largest absolute Gasteiger partial charge is 0.483 e. The summed E-state index contributed by atoms with van der Waals surface area (Å²) in [7, 11) is -1.26. The van der Waals surface area contributed by atoms with E-state index < -0.39 is 9.84 Å². The van der Waals surface area contributed by atoms with Gasteiger partial charge in [-0.25, -0.2) is 8.42 Å². The average molecular weight is 468 g/mol. The molecular formula is C25H29N3O4S. The Balaban J connectivity index is 1.43. The highest BCUT2D eigenvalue weighted by Gasteiger charge is 2.31. The second-order valence-electron chi connectivity index (χ2n) is 8.55. The summed E-state index contributed by atoms with van der Waals surface area (Å²) in [4.78, 5) is 14.5. The molecule has 1 fully saturated rings. The van der Waals surface area contributed by atoms with Crippen LogP contribution in [-0.4, -0.2) is 54.2 Å². The number of benzene rings is 2. The Morgan fingerprint density at radius 1 is 1.12 bits per heavy atom. The Morgan fingerprint density at radius 2 is 1.82 bits per heavy atom. The third-order valence-electron chi connectivity index (χ3n) is 6.17. The van der Waals surface area contributed by atoms with Crippen LogP contribution in [0.15, 0.2) is 54.6 Å². The number of amides is 1. The lowest BCUT2D eigenvalue weighted by Gasteiger charge is -2.19. The number of carbonyl (C=O) groups excluding carboxylic acids is 1. The lowest BCUT2D eigenvalue weighted by atomic mass is 10.1. The van der Waals surface area contributed by atoms with Gasteiger partial charge < -0.3 is 9.64 Å². The van der Waals surface area contributed by atoms with Crippen LogP contribution in [0.2, 0.25) is 0 Å². The van der Waals surface area contributed by atoms with E-state index in [1.165, 1.54) is 0 Å². The molecule has 174 valence electrons. The van der Waals surface area contributed by atoms with Gasteiger partial charge >= 0.3 is 0 Å². The number of aryl methyl sites for hydroxylation is 1. The van der Waals surface area contributed by atoms with Crippen molar-refractivity contribution < 1.29 is 17.9 Å². The van der Waals surface area contributed by atoms with E-state index in [1.54, 1.807) is 11.9 Å². The van der Waals surface area contributed by atoms with E-state index in [-0.39, 0.29) is 30.1 Å². The van der Waals surface area contributed by atoms with Gasteiger partial charge in [0.25, 0.3) is 5.91 Å². The number of aromatic nitrogens is 2. The minimum Gasteiger partial charge on any atom is -0.483 e. The fraction of sp³-hybridized carbons (Fsp3) is 0.360. The Labute approximate surface area is 194 Å². The molecule has 0 N–H and O–H groups in total. The molecule has 0 unspecified atom stereocenters. The van der Waals surface area contributed by atoms with Crippen LogP contribution in [0.4, 0.5) is 0 Å². The predicted octanol–water partition coefficient (Wildman–Crippen LogP) is 3.56. The van der Waals surface area contributed by atoms with E-state index in [4.69, 9.17) is 4.74 Å². The van der Waals surface area contributed by atoms with Crippen LogP contribution >= 0.6 is 0 Å². The summed E-state index contributed by atoms with van der Waals surface area (Å²) in [6, 6.07) is 17.5. The van der Waals surface area contributed by atoms with Crippen LogP contribution < -0.4 is 4.74 Å². The number of likely N-dealkylation sites (N-methyl/N-ethyl adjacent to an activating group) is 1. The molecule has 8 heteroatoms. The number of ether oxygens (including phenoxy) is 1. The first kappa shape index (κ1) is 23.0. The molecule has 3 aromatic rings. The first-order valence-electron chi connectivity index (χ1n) is 11.0. The van der Waals surface area contributed by atoms with Crippen LogP contribution in [0.3, 0.4) is 0 Å². The van der Waals surface area contributed by atoms with Crippen molar-refractivity contribution in [2.24, 2.45) is 0 Å². The van der Waals surface area contributed by atoms with Crippen molar-refractivity contribution in [2.45, 2.75) is 32.9 Å². The van der Waals surface area contributed by atoms with Crippen LogP contribution in [0.5, 0.6) is 5.75 Å². The van der Waals surface area contributed by atoms with Crippen molar-refractivity contribution >= 4 is 15.7 Å². The molecule has 1 aliphatic rings. The van der Waals surface area contributed by atoms with Gasteiger partial charge in [0.15, 0.2) is 16.4 Å². The highest BCUT2D eigenvalue weighted by atomic mass is 32.2. The van der Waals surface area contributed by atoms with Gasteiger partial charge in [-0.05, 0) is 31.9 Å². The molecular weight excluding hydrogens is 438 g/mol. The lowest BCUT2D eigenvalue weighted by molar-refractivity contribution is -0.132. The maximum absolute atomic E-state index is 12.8. The van der Waals surface area contributed by atoms with Gasteiger partial charge in [-0.2, -0.15) is 5.10 Å². The number of carbonyl (C=O) groups is 1. The summed E-state index contributed by atoms with van der Waals surface area (Å²) >= 11 is 0. The Bertz CT molecular complexity index is 1250. The maximum Gasteiger partial charge on any atom is 0.260 e. The first-order valence-corrected chi connectivity index (χ1v) is 12.8. The molecule has 7 nitrogen and oxygen atoms in total. The number of nitrogens with zero attached hydrogens (tertiary/aromatic N) is 3. The fourth-order valence-electron chi connectivity index (χ4n) is 4.27.